The standard InChI is InChI=1S/C15H12BrF3O/c1-20-11-8-6-10(7-9-11)14(16)12-4-2-3-5-13(12)15(17,18)19/h2-9,14H,1H3. The van der Waals surface area contributed by atoms with E-state index in [0.29, 0.717) is 5.75 Å². The fourth-order valence-corrected chi connectivity index (χ4v) is 2.63. The maximum absolute atomic E-state index is 13.0. The van der Waals surface area contributed by atoms with Crippen LogP contribution in [0.1, 0.15) is 21.5 Å². The minimum atomic E-state index is -4.37. The quantitative estimate of drug-likeness (QED) is 0.695. The van der Waals surface area contributed by atoms with Crippen molar-refractivity contribution in [3.63, 3.8) is 0 Å². The van der Waals surface area contributed by atoms with Crippen molar-refractivity contribution in [2.75, 3.05) is 7.11 Å². The van der Waals surface area contributed by atoms with Gasteiger partial charge in [0.05, 0.1) is 17.5 Å². The summed E-state index contributed by atoms with van der Waals surface area (Å²) in [6.45, 7) is 0. The zero-order valence-electron chi connectivity index (χ0n) is 10.6. The Morgan fingerprint density at radius 3 is 2.15 bits per heavy atom. The molecule has 0 heterocycles. The van der Waals surface area contributed by atoms with Gasteiger partial charge < -0.3 is 4.74 Å². The number of rotatable bonds is 3. The summed E-state index contributed by atoms with van der Waals surface area (Å²) in [6.07, 6.45) is -4.37. The molecule has 1 atom stereocenters. The van der Waals surface area contributed by atoms with Crippen molar-refractivity contribution in [2.45, 2.75) is 11.0 Å². The van der Waals surface area contributed by atoms with E-state index in [1.807, 2.05) is 0 Å². The van der Waals surface area contributed by atoms with Crippen LogP contribution in [-0.2, 0) is 6.18 Å². The average molecular weight is 345 g/mol. The monoisotopic (exact) mass is 344 g/mol. The Morgan fingerprint density at radius 2 is 1.60 bits per heavy atom. The van der Waals surface area contributed by atoms with E-state index in [-0.39, 0.29) is 5.56 Å². The molecule has 20 heavy (non-hydrogen) atoms. The Kier molecular flexibility index (Phi) is 4.38. The summed E-state index contributed by atoms with van der Waals surface area (Å²) in [5.41, 5.74) is 0.311. The number of alkyl halides is 4. The predicted molar refractivity (Wildman–Crippen MR) is 75.2 cm³/mol. The van der Waals surface area contributed by atoms with Crippen molar-refractivity contribution in [3.8, 4) is 5.75 Å². The molecule has 0 saturated heterocycles. The molecule has 0 bridgehead atoms. The number of hydrogen-bond acceptors (Lipinski definition) is 1. The minimum Gasteiger partial charge on any atom is -0.497 e. The van der Waals surface area contributed by atoms with E-state index in [4.69, 9.17) is 4.74 Å². The molecule has 0 amide bonds. The zero-order valence-corrected chi connectivity index (χ0v) is 12.2. The third-order valence-corrected chi connectivity index (χ3v) is 3.97. The highest BCUT2D eigenvalue weighted by atomic mass is 79.9. The van der Waals surface area contributed by atoms with E-state index >= 15 is 0 Å². The van der Waals surface area contributed by atoms with Crippen molar-refractivity contribution in [1.82, 2.24) is 0 Å². The summed E-state index contributed by atoms with van der Waals surface area (Å²) in [5.74, 6) is 0.664. The molecule has 2 aromatic carbocycles. The number of benzene rings is 2. The second-order valence-electron chi connectivity index (χ2n) is 4.22. The smallest absolute Gasteiger partial charge is 0.416 e. The second-order valence-corrected chi connectivity index (χ2v) is 5.14. The summed E-state index contributed by atoms with van der Waals surface area (Å²) in [7, 11) is 1.54. The van der Waals surface area contributed by atoms with E-state index in [0.717, 1.165) is 11.6 Å². The summed E-state index contributed by atoms with van der Waals surface area (Å²) in [5, 5.41) is 0. The van der Waals surface area contributed by atoms with Crippen LogP contribution >= 0.6 is 15.9 Å². The first-order valence-electron chi connectivity index (χ1n) is 5.87. The van der Waals surface area contributed by atoms with Gasteiger partial charge in [-0.05, 0) is 29.3 Å². The van der Waals surface area contributed by atoms with Crippen LogP contribution in [0.3, 0.4) is 0 Å². The molecular weight excluding hydrogens is 333 g/mol. The van der Waals surface area contributed by atoms with E-state index in [1.165, 1.54) is 12.1 Å². The summed E-state index contributed by atoms with van der Waals surface area (Å²) in [6, 6.07) is 12.5. The molecule has 2 rings (SSSR count). The lowest BCUT2D eigenvalue weighted by Gasteiger charge is -2.17. The predicted octanol–water partition coefficient (Wildman–Crippen LogP) is 5.20. The van der Waals surface area contributed by atoms with E-state index < -0.39 is 16.6 Å². The molecule has 0 saturated carbocycles. The van der Waals surface area contributed by atoms with Crippen LogP contribution in [0.4, 0.5) is 13.2 Å². The maximum atomic E-state index is 13.0. The van der Waals surface area contributed by atoms with E-state index in [9.17, 15) is 13.2 Å². The van der Waals surface area contributed by atoms with Gasteiger partial charge in [0.25, 0.3) is 0 Å². The third-order valence-electron chi connectivity index (χ3n) is 2.95. The Balaban J connectivity index is 2.40. The zero-order chi connectivity index (χ0) is 14.8. The van der Waals surface area contributed by atoms with Gasteiger partial charge in [0.1, 0.15) is 5.75 Å². The van der Waals surface area contributed by atoms with Crippen LogP contribution in [0.15, 0.2) is 48.5 Å². The van der Waals surface area contributed by atoms with Gasteiger partial charge in [0, 0.05) is 0 Å². The van der Waals surface area contributed by atoms with Gasteiger partial charge in [0.2, 0.25) is 0 Å². The van der Waals surface area contributed by atoms with Gasteiger partial charge in [-0.25, -0.2) is 0 Å². The first-order chi connectivity index (χ1) is 9.43. The van der Waals surface area contributed by atoms with Crippen LogP contribution in [0.25, 0.3) is 0 Å². The van der Waals surface area contributed by atoms with Gasteiger partial charge in [-0.15, -0.1) is 0 Å². The highest BCUT2D eigenvalue weighted by molar-refractivity contribution is 9.09. The molecule has 1 nitrogen and oxygen atoms in total. The van der Waals surface area contributed by atoms with Crippen molar-refractivity contribution in [1.29, 1.82) is 0 Å². The average Bonchev–Trinajstić information content (AvgIpc) is 2.46. The van der Waals surface area contributed by atoms with Crippen molar-refractivity contribution < 1.29 is 17.9 Å². The van der Waals surface area contributed by atoms with Crippen LogP contribution in [-0.4, -0.2) is 7.11 Å². The molecule has 1 unspecified atom stereocenters. The molecule has 0 aliphatic carbocycles. The molecule has 0 spiro atoms. The molecule has 0 aromatic heterocycles. The number of halogens is 4. The SMILES string of the molecule is COc1ccc(C(Br)c2ccccc2C(F)(F)F)cc1. The Hall–Kier alpha value is -1.49. The normalized spacial score (nSPS) is 13.1. The first-order valence-corrected chi connectivity index (χ1v) is 6.79. The van der Waals surface area contributed by atoms with E-state index in [2.05, 4.69) is 15.9 Å². The Morgan fingerprint density at radius 1 is 1.00 bits per heavy atom. The maximum Gasteiger partial charge on any atom is 0.416 e. The Bertz CT molecular complexity index is 578. The molecule has 2 aromatic rings. The fourth-order valence-electron chi connectivity index (χ4n) is 1.93. The van der Waals surface area contributed by atoms with Gasteiger partial charge in [-0.1, -0.05) is 46.3 Å². The third kappa shape index (κ3) is 3.15. The summed E-state index contributed by atoms with van der Waals surface area (Å²) < 4.78 is 44.0. The molecule has 0 fully saturated rings. The molecule has 0 aliphatic heterocycles. The second kappa shape index (κ2) is 5.87. The molecule has 5 heteroatoms. The van der Waals surface area contributed by atoms with Crippen LogP contribution in [0.2, 0.25) is 0 Å². The summed E-state index contributed by atoms with van der Waals surface area (Å²) >= 11 is 3.34. The van der Waals surface area contributed by atoms with Gasteiger partial charge in [-0.2, -0.15) is 13.2 Å². The minimum absolute atomic E-state index is 0.199. The van der Waals surface area contributed by atoms with Crippen molar-refractivity contribution in [2.24, 2.45) is 0 Å². The van der Waals surface area contributed by atoms with Crippen LogP contribution < -0.4 is 4.74 Å². The highest BCUT2D eigenvalue weighted by Crippen LogP contribution is 2.40. The molecule has 106 valence electrons. The highest BCUT2D eigenvalue weighted by Gasteiger charge is 2.34. The molecule has 0 radical (unpaired) electrons. The van der Waals surface area contributed by atoms with Gasteiger partial charge >= 0.3 is 6.18 Å². The molecule has 0 N–H and O–H groups in total. The number of hydrogen-bond donors (Lipinski definition) is 0. The number of ether oxygens (including phenoxy) is 1. The van der Waals surface area contributed by atoms with Crippen LogP contribution in [0, 0.1) is 0 Å². The molecular formula is C15H12BrF3O. The largest absolute Gasteiger partial charge is 0.497 e. The topological polar surface area (TPSA) is 9.23 Å². The van der Waals surface area contributed by atoms with Crippen molar-refractivity contribution >= 4 is 15.9 Å². The van der Waals surface area contributed by atoms with Gasteiger partial charge in [-0.3, -0.25) is 0 Å². The van der Waals surface area contributed by atoms with Gasteiger partial charge in [0.15, 0.2) is 0 Å². The summed E-state index contributed by atoms with van der Waals surface area (Å²) in [4.78, 5) is -0.522. The lowest BCUT2D eigenvalue weighted by atomic mass is 9.99. The first kappa shape index (κ1) is 14.9. The van der Waals surface area contributed by atoms with Crippen LogP contribution in [0.5, 0.6) is 5.75 Å². The Labute approximate surface area is 123 Å². The lowest BCUT2D eigenvalue weighted by molar-refractivity contribution is -0.138. The lowest BCUT2D eigenvalue weighted by Crippen LogP contribution is -2.10. The van der Waals surface area contributed by atoms with E-state index in [1.54, 1.807) is 37.4 Å². The fraction of sp³-hybridized carbons (Fsp3) is 0.200. The van der Waals surface area contributed by atoms with Crippen molar-refractivity contribution in [3.05, 3.63) is 65.2 Å². The molecule has 0 aliphatic rings. The number of methoxy groups -OCH3 is 1.